The SMILES string of the molecule is COc1cccc(C(=O)Nc2cccc(C(=O)Nc3ccccc3C(=O)O)c2C)c1. The monoisotopic (exact) mass is 404 g/mol. The van der Waals surface area contributed by atoms with E-state index in [2.05, 4.69) is 10.6 Å². The summed E-state index contributed by atoms with van der Waals surface area (Å²) in [4.78, 5) is 36.7. The van der Waals surface area contributed by atoms with E-state index in [0.29, 0.717) is 28.1 Å². The maximum atomic E-state index is 12.8. The molecule has 0 aliphatic carbocycles. The van der Waals surface area contributed by atoms with Crippen LogP contribution < -0.4 is 15.4 Å². The van der Waals surface area contributed by atoms with Crippen molar-refractivity contribution >= 4 is 29.2 Å². The number of anilines is 2. The zero-order valence-corrected chi connectivity index (χ0v) is 16.4. The Bertz CT molecular complexity index is 1120. The summed E-state index contributed by atoms with van der Waals surface area (Å²) in [6.45, 7) is 1.71. The van der Waals surface area contributed by atoms with Crippen LogP contribution in [-0.2, 0) is 0 Å². The summed E-state index contributed by atoms with van der Waals surface area (Å²) in [5.74, 6) is -1.39. The summed E-state index contributed by atoms with van der Waals surface area (Å²) in [6.07, 6.45) is 0. The molecule has 0 saturated carbocycles. The molecule has 0 heterocycles. The van der Waals surface area contributed by atoms with Crippen molar-refractivity contribution < 1.29 is 24.2 Å². The number of hydrogen-bond acceptors (Lipinski definition) is 4. The van der Waals surface area contributed by atoms with E-state index in [1.165, 1.54) is 19.2 Å². The van der Waals surface area contributed by atoms with Crippen LogP contribution in [0.3, 0.4) is 0 Å². The number of methoxy groups -OCH3 is 1. The second-order valence-electron chi connectivity index (χ2n) is 6.47. The second-order valence-corrected chi connectivity index (χ2v) is 6.47. The van der Waals surface area contributed by atoms with E-state index in [1.54, 1.807) is 61.5 Å². The minimum Gasteiger partial charge on any atom is -0.497 e. The van der Waals surface area contributed by atoms with E-state index in [4.69, 9.17) is 4.74 Å². The van der Waals surface area contributed by atoms with Crippen LogP contribution in [0.4, 0.5) is 11.4 Å². The number of carboxylic acids is 1. The van der Waals surface area contributed by atoms with Crippen LogP contribution in [0.25, 0.3) is 0 Å². The number of ether oxygens (including phenoxy) is 1. The average Bonchev–Trinajstić information content (AvgIpc) is 2.75. The Hall–Kier alpha value is -4.13. The Balaban J connectivity index is 1.83. The first kappa shape index (κ1) is 20.6. The summed E-state index contributed by atoms with van der Waals surface area (Å²) in [5.41, 5.74) is 1.95. The summed E-state index contributed by atoms with van der Waals surface area (Å²) >= 11 is 0. The number of para-hydroxylation sites is 1. The van der Waals surface area contributed by atoms with Gasteiger partial charge in [-0.05, 0) is 55.0 Å². The van der Waals surface area contributed by atoms with Gasteiger partial charge < -0.3 is 20.5 Å². The van der Waals surface area contributed by atoms with Crippen molar-refractivity contribution in [1.29, 1.82) is 0 Å². The Labute approximate surface area is 173 Å². The van der Waals surface area contributed by atoms with E-state index in [1.807, 2.05) is 0 Å². The summed E-state index contributed by atoms with van der Waals surface area (Å²) < 4.78 is 5.14. The van der Waals surface area contributed by atoms with Crippen molar-refractivity contribution in [1.82, 2.24) is 0 Å². The zero-order valence-electron chi connectivity index (χ0n) is 16.4. The number of nitrogens with one attached hydrogen (secondary N) is 2. The number of rotatable bonds is 6. The molecule has 0 unspecified atom stereocenters. The maximum absolute atomic E-state index is 12.8. The van der Waals surface area contributed by atoms with E-state index in [9.17, 15) is 19.5 Å². The number of carbonyl (C=O) groups is 3. The van der Waals surface area contributed by atoms with Gasteiger partial charge in [0.1, 0.15) is 5.75 Å². The first-order valence-electron chi connectivity index (χ1n) is 9.09. The molecule has 0 aliphatic heterocycles. The van der Waals surface area contributed by atoms with Gasteiger partial charge in [-0.15, -0.1) is 0 Å². The molecule has 7 heteroatoms. The highest BCUT2D eigenvalue weighted by atomic mass is 16.5. The van der Waals surface area contributed by atoms with E-state index < -0.39 is 11.9 Å². The van der Waals surface area contributed by atoms with Gasteiger partial charge in [0.2, 0.25) is 0 Å². The van der Waals surface area contributed by atoms with Gasteiger partial charge in [-0.25, -0.2) is 4.79 Å². The first-order chi connectivity index (χ1) is 14.4. The molecule has 30 heavy (non-hydrogen) atoms. The lowest BCUT2D eigenvalue weighted by molar-refractivity contribution is 0.0697. The van der Waals surface area contributed by atoms with Gasteiger partial charge in [0.05, 0.1) is 18.4 Å². The van der Waals surface area contributed by atoms with Crippen LogP contribution in [0, 0.1) is 6.92 Å². The Morgan fingerprint density at radius 3 is 2.17 bits per heavy atom. The van der Waals surface area contributed by atoms with Gasteiger partial charge in [-0.1, -0.05) is 24.3 Å². The molecule has 152 valence electrons. The molecule has 0 bridgehead atoms. The smallest absolute Gasteiger partial charge is 0.337 e. The number of carbonyl (C=O) groups excluding carboxylic acids is 2. The lowest BCUT2D eigenvalue weighted by atomic mass is 10.0. The van der Waals surface area contributed by atoms with Gasteiger partial charge in [-0.3, -0.25) is 9.59 Å². The number of amides is 2. The highest BCUT2D eigenvalue weighted by Crippen LogP contribution is 2.23. The van der Waals surface area contributed by atoms with Gasteiger partial charge in [0.15, 0.2) is 0 Å². The molecule has 0 saturated heterocycles. The molecule has 3 aromatic rings. The van der Waals surface area contributed by atoms with Crippen molar-refractivity contribution in [2.45, 2.75) is 6.92 Å². The van der Waals surface area contributed by atoms with E-state index >= 15 is 0 Å². The topological polar surface area (TPSA) is 105 Å². The third kappa shape index (κ3) is 4.47. The molecular formula is C23H20N2O5. The molecule has 7 nitrogen and oxygen atoms in total. The third-order valence-corrected chi connectivity index (χ3v) is 4.56. The molecule has 0 radical (unpaired) electrons. The lowest BCUT2D eigenvalue weighted by Gasteiger charge is -2.14. The fourth-order valence-corrected chi connectivity index (χ4v) is 2.94. The summed E-state index contributed by atoms with van der Waals surface area (Å²) in [5, 5.41) is 14.7. The third-order valence-electron chi connectivity index (χ3n) is 4.56. The molecule has 3 aromatic carbocycles. The number of benzene rings is 3. The predicted molar refractivity (Wildman–Crippen MR) is 113 cm³/mol. The van der Waals surface area contributed by atoms with Crippen LogP contribution in [0.5, 0.6) is 5.75 Å². The predicted octanol–water partition coefficient (Wildman–Crippen LogP) is 4.21. The van der Waals surface area contributed by atoms with Crippen LogP contribution in [-0.4, -0.2) is 30.0 Å². The van der Waals surface area contributed by atoms with Crippen molar-refractivity contribution in [3.63, 3.8) is 0 Å². The standard InChI is InChI=1S/C23H20N2O5/c1-14-17(22(27)25-20-11-4-3-9-18(20)23(28)29)10-6-12-19(14)24-21(26)15-7-5-8-16(13-15)30-2/h3-13H,1-2H3,(H,24,26)(H,25,27)(H,28,29). The zero-order chi connectivity index (χ0) is 21.7. The van der Waals surface area contributed by atoms with Crippen LogP contribution in [0.15, 0.2) is 66.7 Å². The van der Waals surface area contributed by atoms with E-state index in [-0.39, 0.29) is 17.2 Å². The molecule has 0 atom stereocenters. The van der Waals surface area contributed by atoms with Gasteiger partial charge >= 0.3 is 5.97 Å². The first-order valence-corrected chi connectivity index (χ1v) is 9.09. The van der Waals surface area contributed by atoms with Gasteiger partial charge in [0, 0.05) is 16.8 Å². The van der Waals surface area contributed by atoms with Crippen LogP contribution in [0.1, 0.15) is 36.6 Å². The molecule has 0 aromatic heterocycles. The molecule has 3 N–H and O–H groups in total. The largest absolute Gasteiger partial charge is 0.497 e. The highest BCUT2D eigenvalue weighted by Gasteiger charge is 2.17. The highest BCUT2D eigenvalue weighted by molar-refractivity contribution is 6.10. The Morgan fingerprint density at radius 1 is 0.800 bits per heavy atom. The van der Waals surface area contributed by atoms with Crippen LogP contribution in [0.2, 0.25) is 0 Å². The number of carboxylic acid groups (broad SMARTS) is 1. The summed E-state index contributed by atoms with van der Waals surface area (Å²) in [6, 6.07) is 17.8. The maximum Gasteiger partial charge on any atom is 0.337 e. The van der Waals surface area contributed by atoms with Crippen molar-refractivity contribution in [2.24, 2.45) is 0 Å². The molecule has 0 fully saturated rings. The minimum atomic E-state index is -1.14. The average molecular weight is 404 g/mol. The number of hydrogen-bond donors (Lipinski definition) is 3. The lowest BCUT2D eigenvalue weighted by Crippen LogP contribution is -2.18. The fraction of sp³-hybridized carbons (Fsp3) is 0.0870. The van der Waals surface area contributed by atoms with Gasteiger partial charge in [-0.2, -0.15) is 0 Å². The Morgan fingerprint density at radius 2 is 1.43 bits per heavy atom. The molecule has 0 aliphatic rings. The van der Waals surface area contributed by atoms with Crippen molar-refractivity contribution in [3.05, 3.63) is 89.0 Å². The van der Waals surface area contributed by atoms with E-state index in [0.717, 1.165) is 0 Å². The summed E-state index contributed by atoms with van der Waals surface area (Å²) in [7, 11) is 1.52. The second kappa shape index (κ2) is 8.91. The quantitative estimate of drug-likeness (QED) is 0.571. The molecule has 3 rings (SSSR count). The van der Waals surface area contributed by atoms with Crippen LogP contribution >= 0.6 is 0 Å². The fourth-order valence-electron chi connectivity index (χ4n) is 2.94. The minimum absolute atomic E-state index is 0.00835. The molecular weight excluding hydrogens is 384 g/mol. The Kier molecular flexibility index (Phi) is 6.12. The van der Waals surface area contributed by atoms with Crippen molar-refractivity contribution in [2.75, 3.05) is 17.7 Å². The normalized spacial score (nSPS) is 10.2. The van der Waals surface area contributed by atoms with Crippen molar-refractivity contribution in [3.8, 4) is 5.75 Å². The molecule has 2 amide bonds. The van der Waals surface area contributed by atoms with Gasteiger partial charge in [0.25, 0.3) is 11.8 Å². The molecule has 0 spiro atoms. The number of aromatic carboxylic acids is 1.